The number of anilines is 2. The molecule has 0 saturated heterocycles. The van der Waals surface area contributed by atoms with Crippen LogP contribution in [-0.4, -0.2) is 13.0 Å². The van der Waals surface area contributed by atoms with Gasteiger partial charge >= 0.3 is 0 Å². The molecule has 2 aromatic carbocycles. The summed E-state index contributed by atoms with van der Waals surface area (Å²) in [5.74, 6) is -0.0900. The Labute approximate surface area is 126 Å². The molecule has 0 spiro atoms. The van der Waals surface area contributed by atoms with Crippen LogP contribution < -0.4 is 10.6 Å². The van der Waals surface area contributed by atoms with Crippen molar-refractivity contribution in [2.75, 3.05) is 17.7 Å². The SMILES string of the molecule is CNc1ccc(C(=O)Nc2cccc(I)c2)cc1C. The van der Waals surface area contributed by atoms with Gasteiger partial charge in [0.1, 0.15) is 0 Å². The minimum absolute atomic E-state index is 0.0900. The minimum atomic E-state index is -0.0900. The van der Waals surface area contributed by atoms with Gasteiger partial charge in [-0.25, -0.2) is 0 Å². The van der Waals surface area contributed by atoms with Crippen LogP contribution in [-0.2, 0) is 0 Å². The monoisotopic (exact) mass is 366 g/mol. The van der Waals surface area contributed by atoms with Gasteiger partial charge < -0.3 is 10.6 Å². The molecule has 0 heterocycles. The molecule has 2 aromatic rings. The first-order valence-electron chi connectivity index (χ1n) is 5.95. The number of amides is 1. The first-order valence-corrected chi connectivity index (χ1v) is 7.03. The van der Waals surface area contributed by atoms with E-state index in [1.807, 2.05) is 56.4 Å². The van der Waals surface area contributed by atoms with Crippen LogP contribution in [0.25, 0.3) is 0 Å². The Morgan fingerprint density at radius 1 is 1.16 bits per heavy atom. The third-order valence-electron chi connectivity index (χ3n) is 2.84. The largest absolute Gasteiger partial charge is 0.388 e. The molecule has 4 heteroatoms. The Kier molecular flexibility index (Phi) is 4.42. The van der Waals surface area contributed by atoms with Crippen molar-refractivity contribution in [3.8, 4) is 0 Å². The molecule has 3 nitrogen and oxygen atoms in total. The molecule has 0 bridgehead atoms. The standard InChI is InChI=1S/C15H15IN2O/c1-10-8-11(6-7-14(10)17-2)15(19)18-13-5-3-4-12(16)9-13/h3-9,17H,1-2H3,(H,18,19). The van der Waals surface area contributed by atoms with Gasteiger partial charge in [0, 0.05) is 27.6 Å². The second-order valence-corrected chi connectivity index (χ2v) is 5.49. The summed E-state index contributed by atoms with van der Waals surface area (Å²) in [7, 11) is 1.87. The van der Waals surface area contributed by atoms with Gasteiger partial charge in [-0.3, -0.25) is 4.79 Å². The second kappa shape index (κ2) is 6.06. The summed E-state index contributed by atoms with van der Waals surface area (Å²) in [6, 6.07) is 13.4. The first kappa shape index (κ1) is 13.9. The molecule has 0 saturated carbocycles. The Balaban J connectivity index is 2.18. The fraction of sp³-hybridized carbons (Fsp3) is 0.133. The molecule has 0 aliphatic carbocycles. The lowest BCUT2D eigenvalue weighted by atomic mass is 10.1. The zero-order valence-corrected chi connectivity index (χ0v) is 13.0. The van der Waals surface area contributed by atoms with Crippen molar-refractivity contribution in [1.29, 1.82) is 0 Å². The van der Waals surface area contributed by atoms with E-state index in [1.54, 1.807) is 0 Å². The molecule has 98 valence electrons. The van der Waals surface area contributed by atoms with Gasteiger partial charge in [0.25, 0.3) is 5.91 Å². The molecule has 19 heavy (non-hydrogen) atoms. The molecule has 0 fully saturated rings. The normalized spacial score (nSPS) is 10.1. The minimum Gasteiger partial charge on any atom is -0.388 e. The van der Waals surface area contributed by atoms with Crippen LogP contribution in [0, 0.1) is 10.5 Å². The average Bonchev–Trinajstić information content (AvgIpc) is 2.38. The number of hydrogen-bond donors (Lipinski definition) is 2. The van der Waals surface area contributed by atoms with Gasteiger partial charge in [0.05, 0.1) is 0 Å². The van der Waals surface area contributed by atoms with Crippen molar-refractivity contribution in [3.05, 3.63) is 57.2 Å². The molecular weight excluding hydrogens is 351 g/mol. The van der Waals surface area contributed by atoms with E-state index in [1.165, 1.54) is 0 Å². The van der Waals surface area contributed by atoms with Crippen LogP contribution >= 0.6 is 22.6 Å². The van der Waals surface area contributed by atoms with Crippen LogP contribution in [0.3, 0.4) is 0 Å². The number of carbonyl (C=O) groups excluding carboxylic acids is 1. The van der Waals surface area contributed by atoms with Crippen molar-refractivity contribution in [2.24, 2.45) is 0 Å². The number of benzene rings is 2. The summed E-state index contributed by atoms with van der Waals surface area (Å²) >= 11 is 2.22. The predicted octanol–water partition coefficient (Wildman–Crippen LogP) is 3.89. The maximum absolute atomic E-state index is 12.1. The predicted molar refractivity (Wildman–Crippen MR) is 87.8 cm³/mol. The summed E-state index contributed by atoms with van der Waals surface area (Å²) in [4.78, 5) is 12.1. The molecule has 0 unspecified atom stereocenters. The van der Waals surface area contributed by atoms with Crippen LogP contribution in [0.1, 0.15) is 15.9 Å². The van der Waals surface area contributed by atoms with Gasteiger partial charge in [-0.1, -0.05) is 6.07 Å². The molecule has 2 N–H and O–H groups in total. The lowest BCUT2D eigenvalue weighted by molar-refractivity contribution is 0.102. The number of hydrogen-bond acceptors (Lipinski definition) is 2. The van der Waals surface area contributed by atoms with Gasteiger partial charge in [-0.15, -0.1) is 0 Å². The van der Waals surface area contributed by atoms with E-state index in [2.05, 4.69) is 33.2 Å². The Morgan fingerprint density at radius 2 is 1.95 bits per heavy atom. The van der Waals surface area contributed by atoms with Crippen molar-refractivity contribution in [3.63, 3.8) is 0 Å². The van der Waals surface area contributed by atoms with Crippen LogP contribution in [0.15, 0.2) is 42.5 Å². The Bertz CT molecular complexity index is 611. The van der Waals surface area contributed by atoms with Gasteiger partial charge in [-0.05, 0) is 71.5 Å². The van der Waals surface area contributed by atoms with Crippen LogP contribution in [0.5, 0.6) is 0 Å². The Hall–Kier alpha value is -1.56. The molecule has 0 aliphatic heterocycles. The number of halogens is 1. The highest BCUT2D eigenvalue weighted by molar-refractivity contribution is 14.1. The quantitative estimate of drug-likeness (QED) is 0.810. The van der Waals surface area contributed by atoms with E-state index in [0.717, 1.165) is 20.5 Å². The summed E-state index contributed by atoms with van der Waals surface area (Å²) < 4.78 is 1.09. The first-order chi connectivity index (χ1) is 9.10. The lowest BCUT2D eigenvalue weighted by Crippen LogP contribution is -2.12. The molecule has 1 amide bonds. The lowest BCUT2D eigenvalue weighted by Gasteiger charge is -2.09. The van der Waals surface area contributed by atoms with Crippen molar-refractivity contribution in [2.45, 2.75) is 6.92 Å². The summed E-state index contributed by atoms with van der Waals surface area (Å²) in [6.45, 7) is 1.98. The maximum Gasteiger partial charge on any atom is 0.255 e. The van der Waals surface area contributed by atoms with Gasteiger partial charge in [0.2, 0.25) is 0 Å². The number of nitrogens with one attached hydrogen (secondary N) is 2. The van der Waals surface area contributed by atoms with E-state index in [-0.39, 0.29) is 5.91 Å². The summed E-state index contributed by atoms with van der Waals surface area (Å²) in [6.07, 6.45) is 0. The molecule has 0 radical (unpaired) electrons. The third-order valence-corrected chi connectivity index (χ3v) is 3.51. The fourth-order valence-corrected chi connectivity index (χ4v) is 2.40. The maximum atomic E-state index is 12.1. The van der Waals surface area contributed by atoms with Gasteiger partial charge in [0.15, 0.2) is 0 Å². The van der Waals surface area contributed by atoms with E-state index in [0.29, 0.717) is 5.56 Å². The molecule has 0 atom stereocenters. The molecule has 0 aromatic heterocycles. The average molecular weight is 366 g/mol. The highest BCUT2D eigenvalue weighted by Gasteiger charge is 2.07. The topological polar surface area (TPSA) is 41.1 Å². The van der Waals surface area contributed by atoms with E-state index < -0.39 is 0 Å². The smallest absolute Gasteiger partial charge is 0.255 e. The van der Waals surface area contributed by atoms with E-state index in [4.69, 9.17) is 0 Å². The van der Waals surface area contributed by atoms with Crippen molar-refractivity contribution in [1.82, 2.24) is 0 Å². The second-order valence-electron chi connectivity index (χ2n) is 4.24. The van der Waals surface area contributed by atoms with Crippen LogP contribution in [0.2, 0.25) is 0 Å². The van der Waals surface area contributed by atoms with E-state index >= 15 is 0 Å². The third kappa shape index (κ3) is 3.47. The van der Waals surface area contributed by atoms with Crippen LogP contribution in [0.4, 0.5) is 11.4 Å². The Morgan fingerprint density at radius 3 is 2.58 bits per heavy atom. The highest BCUT2D eigenvalue weighted by Crippen LogP contribution is 2.18. The van der Waals surface area contributed by atoms with Crippen molar-refractivity contribution >= 4 is 39.9 Å². The number of carbonyl (C=O) groups is 1. The highest BCUT2D eigenvalue weighted by atomic mass is 127. The summed E-state index contributed by atoms with van der Waals surface area (Å²) in [5.41, 5.74) is 3.56. The zero-order valence-electron chi connectivity index (χ0n) is 10.8. The molecule has 2 rings (SSSR count). The molecular formula is C15H15IN2O. The number of rotatable bonds is 3. The van der Waals surface area contributed by atoms with Crippen molar-refractivity contribution < 1.29 is 4.79 Å². The fourth-order valence-electron chi connectivity index (χ4n) is 1.85. The zero-order chi connectivity index (χ0) is 13.8. The van der Waals surface area contributed by atoms with E-state index in [9.17, 15) is 4.79 Å². The summed E-state index contributed by atoms with van der Waals surface area (Å²) in [5, 5.41) is 5.99. The number of aryl methyl sites for hydroxylation is 1. The van der Waals surface area contributed by atoms with Gasteiger partial charge in [-0.2, -0.15) is 0 Å². The molecule has 0 aliphatic rings.